The van der Waals surface area contributed by atoms with Gasteiger partial charge in [-0.2, -0.15) is 0 Å². The highest BCUT2D eigenvalue weighted by Crippen LogP contribution is 2.26. The van der Waals surface area contributed by atoms with Gasteiger partial charge in [0.05, 0.1) is 5.69 Å². The van der Waals surface area contributed by atoms with E-state index in [-0.39, 0.29) is 6.03 Å². The van der Waals surface area contributed by atoms with Crippen LogP contribution in [0.25, 0.3) is 0 Å². The van der Waals surface area contributed by atoms with Crippen LogP contribution in [0.15, 0.2) is 28.7 Å². The number of benzene rings is 1. The molecule has 0 aliphatic carbocycles. The fourth-order valence-electron chi connectivity index (χ4n) is 1.37. The third-order valence-corrected chi connectivity index (χ3v) is 2.67. The van der Waals surface area contributed by atoms with Crippen molar-refractivity contribution in [2.75, 3.05) is 18.0 Å². The van der Waals surface area contributed by atoms with Gasteiger partial charge in [-0.05, 0) is 28.1 Å². The highest BCUT2D eigenvalue weighted by Gasteiger charge is 2.22. The molecule has 0 bridgehead atoms. The Bertz CT molecular complexity index is 340. The molecule has 0 saturated carbocycles. The fraction of sp³-hybridized carbons (Fsp3) is 0.222. The molecular formula is C9H9BrN2O. The second kappa shape index (κ2) is 3.38. The molecule has 0 radical (unpaired) electrons. The summed E-state index contributed by atoms with van der Waals surface area (Å²) in [6, 6.07) is 7.69. The number of nitrogens with one attached hydrogen (secondary N) is 1. The summed E-state index contributed by atoms with van der Waals surface area (Å²) in [6.45, 7) is 1.46. The lowest BCUT2D eigenvalue weighted by Gasteiger charge is -2.15. The van der Waals surface area contributed by atoms with Crippen molar-refractivity contribution < 1.29 is 4.79 Å². The lowest BCUT2D eigenvalue weighted by atomic mass is 10.3. The van der Waals surface area contributed by atoms with Crippen LogP contribution >= 0.6 is 15.9 Å². The maximum atomic E-state index is 11.3. The number of amides is 2. The van der Waals surface area contributed by atoms with Gasteiger partial charge in [-0.3, -0.25) is 4.90 Å². The molecule has 1 aliphatic heterocycles. The van der Waals surface area contributed by atoms with Gasteiger partial charge in [-0.25, -0.2) is 4.79 Å². The number of carbonyl (C=O) groups excluding carboxylic acids is 1. The summed E-state index contributed by atoms with van der Waals surface area (Å²) in [7, 11) is 0. The van der Waals surface area contributed by atoms with Gasteiger partial charge in [0.1, 0.15) is 0 Å². The van der Waals surface area contributed by atoms with Crippen LogP contribution in [0.2, 0.25) is 0 Å². The van der Waals surface area contributed by atoms with Crippen molar-refractivity contribution in [3.05, 3.63) is 28.7 Å². The molecule has 4 heteroatoms. The van der Waals surface area contributed by atoms with E-state index in [1.54, 1.807) is 4.90 Å². The van der Waals surface area contributed by atoms with Crippen LogP contribution < -0.4 is 10.2 Å². The van der Waals surface area contributed by atoms with E-state index < -0.39 is 0 Å². The molecule has 68 valence electrons. The normalized spacial score (nSPS) is 16.1. The molecule has 1 aromatic carbocycles. The molecule has 0 unspecified atom stereocenters. The maximum absolute atomic E-state index is 11.3. The largest absolute Gasteiger partial charge is 0.336 e. The minimum absolute atomic E-state index is 0.0214. The molecular weight excluding hydrogens is 232 g/mol. The fourth-order valence-corrected chi connectivity index (χ4v) is 1.87. The number of halogens is 1. The van der Waals surface area contributed by atoms with E-state index in [0.717, 1.165) is 23.2 Å². The van der Waals surface area contributed by atoms with Gasteiger partial charge in [-0.1, -0.05) is 12.1 Å². The third-order valence-electron chi connectivity index (χ3n) is 2.00. The molecule has 13 heavy (non-hydrogen) atoms. The summed E-state index contributed by atoms with van der Waals surface area (Å²) in [5, 5.41) is 2.76. The van der Waals surface area contributed by atoms with Crippen molar-refractivity contribution in [1.82, 2.24) is 5.32 Å². The first-order chi connectivity index (χ1) is 6.29. The molecule has 1 saturated heterocycles. The second-order valence-electron chi connectivity index (χ2n) is 2.83. The molecule has 0 atom stereocenters. The Morgan fingerprint density at radius 1 is 1.38 bits per heavy atom. The average molecular weight is 241 g/mol. The van der Waals surface area contributed by atoms with E-state index in [0.29, 0.717) is 0 Å². The van der Waals surface area contributed by atoms with Crippen LogP contribution in [-0.4, -0.2) is 19.1 Å². The zero-order valence-corrected chi connectivity index (χ0v) is 8.54. The molecule has 1 heterocycles. The summed E-state index contributed by atoms with van der Waals surface area (Å²) in [4.78, 5) is 13.0. The molecule has 3 nitrogen and oxygen atoms in total. The van der Waals surface area contributed by atoms with Gasteiger partial charge >= 0.3 is 6.03 Å². The first-order valence-corrected chi connectivity index (χ1v) is 4.88. The van der Waals surface area contributed by atoms with E-state index in [2.05, 4.69) is 21.2 Å². The minimum atomic E-state index is -0.0214. The lowest BCUT2D eigenvalue weighted by molar-refractivity contribution is 0.252. The van der Waals surface area contributed by atoms with Crippen molar-refractivity contribution in [3.8, 4) is 0 Å². The van der Waals surface area contributed by atoms with E-state index in [1.165, 1.54) is 0 Å². The second-order valence-corrected chi connectivity index (χ2v) is 3.69. The Kier molecular flexibility index (Phi) is 2.22. The standard InChI is InChI=1S/C9H9BrN2O/c10-7-3-1-2-4-8(7)12-6-5-11-9(12)13/h1-4H,5-6H2,(H,11,13). The molecule has 1 fully saturated rings. The van der Waals surface area contributed by atoms with Crippen molar-refractivity contribution in [2.24, 2.45) is 0 Å². The summed E-state index contributed by atoms with van der Waals surface area (Å²) in [6.07, 6.45) is 0. The third kappa shape index (κ3) is 1.54. The Labute approximate surface area is 84.9 Å². The molecule has 2 rings (SSSR count). The molecule has 1 N–H and O–H groups in total. The van der Waals surface area contributed by atoms with Crippen LogP contribution in [0.3, 0.4) is 0 Å². The van der Waals surface area contributed by atoms with Gasteiger partial charge in [0.2, 0.25) is 0 Å². The zero-order chi connectivity index (χ0) is 9.26. The Morgan fingerprint density at radius 2 is 2.15 bits per heavy atom. The Morgan fingerprint density at radius 3 is 2.77 bits per heavy atom. The summed E-state index contributed by atoms with van der Waals surface area (Å²) >= 11 is 3.41. The van der Waals surface area contributed by atoms with Crippen LogP contribution in [-0.2, 0) is 0 Å². The smallest absolute Gasteiger partial charge is 0.322 e. The van der Waals surface area contributed by atoms with Crippen molar-refractivity contribution >= 4 is 27.6 Å². The van der Waals surface area contributed by atoms with Gasteiger partial charge in [-0.15, -0.1) is 0 Å². The van der Waals surface area contributed by atoms with E-state index in [9.17, 15) is 4.79 Å². The first-order valence-electron chi connectivity index (χ1n) is 4.09. The van der Waals surface area contributed by atoms with E-state index >= 15 is 0 Å². The molecule has 0 spiro atoms. The van der Waals surface area contributed by atoms with Crippen molar-refractivity contribution in [2.45, 2.75) is 0 Å². The molecule has 2 amide bonds. The van der Waals surface area contributed by atoms with Crippen LogP contribution in [0.4, 0.5) is 10.5 Å². The number of urea groups is 1. The van der Waals surface area contributed by atoms with Crippen LogP contribution in [0.1, 0.15) is 0 Å². The number of carbonyl (C=O) groups is 1. The number of nitrogens with zero attached hydrogens (tertiary/aromatic N) is 1. The molecule has 0 aromatic heterocycles. The van der Waals surface area contributed by atoms with Crippen molar-refractivity contribution in [3.63, 3.8) is 0 Å². The molecule has 1 aliphatic rings. The van der Waals surface area contributed by atoms with Crippen molar-refractivity contribution in [1.29, 1.82) is 0 Å². The minimum Gasteiger partial charge on any atom is -0.336 e. The predicted molar refractivity (Wildman–Crippen MR) is 54.9 cm³/mol. The monoisotopic (exact) mass is 240 g/mol. The van der Waals surface area contributed by atoms with Gasteiger partial charge in [0.25, 0.3) is 0 Å². The number of para-hydroxylation sites is 1. The quantitative estimate of drug-likeness (QED) is 0.801. The topological polar surface area (TPSA) is 32.3 Å². The van der Waals surface area contributed by atoms with Gasteiger partial charge < -0.3 is 5.32 Å². The highest BCUT2D eigenvalue weighted by molar-refractivity contribution is 9.10. The number of rotatable bonds is 1. The highest BCUT2D eigenvalue weighted by atomic mass is 79.9. The maximum Gasteiger partial charge on any atom is 0.322 e. The van der Waals surface area contributed by atoms with Crippen LogP contribution in [0.5, 0.6) is 0 Å². The number of anilines is 1. The predicted octanol–water partition coefficient (Wildman–Crippen LogP) is 1.98. The average Bonchev–Trinajstić information content (AvgIpc) is 2.52. The Hall–Kier alpha value is -1.03. The summed E-state index contributed by atoms with van der Waals surface area (Å²) < 4.78 is 0.951. The summed E-state index contributed by atoms with van der Waals surface area (Å²) in [5.41, 5.74) is 0.928. The summed E-state index contributed by atoms with van der Waals surface area (Å²) in [5.74, 6) is 0. The molecule has 1 aromatic rings. The zero-order valence-electron chi connectivity index (χ0n) is 6.96. The SMILES string of the molecule is O=C1NCCN1c1ccccc1Br. The van der Waals surface area contributed by atoms with Crippen LogP contribution in [0, 0.1) is 0 Å². The van der Waals surface area contributed by atoms with Gasteiger partial charge in [0, 0.05) is 17.6 Å². The lowest BCUT2D eigenvalue weighted by Crippen LogP contribution is -2.27. The first kappa shape index (κ1) is 8.56. The number of hydrogen-bond donors (Lipinski definition) is 1. The van der Waals surface area contributed by atoms with Gasteiger partial charge in [0.15, 0.2) is 0 Å². The van der Waals surface area contributed by atoms with E-state index in [1.807, 2.05) is 24.3 Å². The number of hydrogen-bond acceptors (Lipinski definition) is 1. The van der Waals surface area contributed by atoms with E-state index in [4.69, 9.17) is 0 Å². The Balaban J connectivity index is 2.34.